The number of aldehydes is 1. The third-order valence-corrected chi connectivity index (χ3v) is 9.44. The summed E-state index contributed by atoms with van der Waals surface area (Å²) in [7, 11) is 1.05. The highest BCUT2D eigenvalue weighted by atomic mass is 32.1. The Morgan fingerprint density at radius 2 is 1.72 bits per heavy atom. The minimum atomic E-state index is -4.28. The zero-order valence-corrected chi connectivity index (χ0v) is 18.4. The van der Waals surface area contributed by atoms with E-state index < -0.39 is 29.1 Å². The Morgan fingerprint density at radius 1 is 1.00 bits per heavy atom. The highest BCUT2D eigenvalue weighted by molar-refractivity contribution is 7.26. The molecule has 0 spiro atoms. The van der Waals surface area contributed by atoms with Gasteiger partial charge < -0.3 is 0 Å². The molecule has 1 aliphatic carbocycles. The zero-order chi connectivity index (χ0) is 21.2. The van der Waals surface area contributed by atoms with E-state index in [9.17, 15) is 26.7 Å². The van der Waals surface area contributed by atoms with E-state index in [0.717, 1.165) is 16.2 Å². The molecule has 0 aromatic carbocycles. The summed E-state index contributed by atoms with van der Waals surface area (Å²) in [5, 5.41) is -2.28. The molecule has 0 radical (unpaired) electrons. The molecule has 10 heteroatoms. The summed E-state index contributed by atoms with van der Waals surface area (Å²) in [5.74, 6) is -12.4. The monoisotopic (exact) mass is 480 g/mol. The van der Waals surface area contributed by atoms with Crippen molar-refractivity contribution in [3.05, 3.63) is 46.2 Å². The van der Waals surface area contributed by atoms with Crippen molar-refractivity contribution in [2.24, 2.45) is 5.92 Å². The summed E-state index contributed by atoms with van der Waals surface area (Å²) in [6.45, 7) is 0.967. The smallest absolute Gasteiger partial charge is 0.297 e. The summed E-state index contributed by atoms with van der Waals surface area (Å²) in [4.78, 5) is 13.8. The van der Waals surface area contributed by atoms with E-state index in [2.05, 4.69) is 0 Å². The lowest BCUT2D eigenvalue weighted by molar-refractivity contribution is -0.161. The van der Waals surface area contributed by atoms with Gasteiger partial charge in [-0.05, 0) is 35.2 Å². The molecule has 1 fully saturated rings. The molecule has 3 aromatic rings. The summed E-state index contributed by atoms with van der Waals surface area (Å²) in [5.41, 5.74) is 0.00709. The molecule has 4 unspecified atom stereocenters. The van der Waals surface area contributed by atoms with Crippen LogP contribution in [0.5, 0.6) is 0 Å². The van der Waals surface area contributed by atoms with Gasteiger partial charge >= 0.3 is 0 Å². The van der Waals surface area contributed by atoms with Gasteiger partial charge in [0.2, 0.25) is 5.41 Å². The van der Waals surface area contributed by atoms with Gasteiger partial charge in [-0.1, -0.05) is 22.2 Å². The van der Waals surface area contributed by atoms with Crippen molar-refractivity contribution < 1.29 is 26.7 Å². The number of rotatable bonds is 4. The second-order valence-electron chi connectivity index (χ2n) is 6.92. The first-order chi connectivity index (χ1) is 13.5. The standard InChI is InChI=1S/C19H14F5OPS3/c1-9-15(18(22,23)19(24,26)17(9,20)21)11-7-14(12-5-4-10(8-25)28-12)29-16(11)13-3-2-6-27-13/h2-9,15H,26H2,1H3. The minimum absolute atomic E-state index is 0.00709. The van der Waals surface area contributed by atoms with Gasteiger partial charge in [-0.2, -0.15) is 0 Å². The van der Waals surface area contributed by atoms with Crippen molar-refractivity contribution in [3.8, 4) is 19.5 Å². The quantitative estimate of drug-likeness (QED) is 0.214. The van der Waals surface area contributed by atoms with Gasteiger partial charge in [-0.3, -0.25) is 4.79 Å². The average Bonchev–Trinajstić information content (AvgIpc) is 3.41. The van der Waals surface area contributed by atoms with Gasteiger partial charge in [0.15, 0.2) is 6.29 Å². The molecule has 1 aliphatic rings. The number of hydrogen-bond acceptors (Lipinski definition) is 4. The lowest BCUT2D eigenvalue weighted by Gasteiger charge is -2.28. The van der Waals surface area contributed by atoms with Crippen LogP contribution in [0.1, 0.15) is 28.1 Å². The van der Waals surface area contributed by atoms with Crippen molar-refractivity contribution in [1.29, 1.82) is 0 Å². The molecule has 4 atom stereocenters. The maximum absolute atomic E-state index is 15.0. The largest absolute Gasteiger partial charge is 0.298 e. The lowest BCUT2D eigenvalue weighted by atomic mass is 9.87. The number of halogens is 5. The van der Waals surface area contributed by atoms with Crippen molar-refractivity contribution in [3.63, 3.8) is 0 Å². The SMILES string of the molecule is CC1C(c2cc(-c3ccc(C=O)s3)sc2-c2cccs2)C(F)(F)C(F)(P)C1(F)F. The van der Waals surface area contributed by atoms with E-state index in [4.69, 9.17) is 0 Å². The van der Waals surface area contributed by atoms with Gasteiger partial charge in [-0.25, -0.2) is 22.0 Å². The van der Waals surface area contributed by atoms with Crippen LogP contribution in [0.3, 0.4) is 0 Å². The van der Waals surface area contributed by atoms with Crippen molar-refractivity contribution in [1.82, 2.24) is 0 Å². The Bertz CT molecular complexity index is 1050. The molecule has 29 heavy (non-hydrogen) atoms. The van der Waals surface area contributed by atoms with E-state index in [0.29, 0.717) is 30.7 Å². The van der Waals surface area contributed by atoms with Gasteiger partial charge in [0.1, 0.15) is 0 Å². The number of alkyl halides is 5. The molecule has 154 valence electrons. The Morgan fingerprint density at radius 3 is 2.24 bits per heavy atom. The second kappa shape index (κ2) is 6.94. The maximum Gasteiger partial charge on any atom is 0.298 e. The summed E-state index contributed by atoms with van der Waals surface area (Å²) < 4.78 is 73.6. The Balaban J connectivity index is 1.92. The van der Waals surface area contributed by atoms with Crippen molar-refractivity contribution >= 4 is 49.5 Å². The van der Waals surface area contributed by atoms with Crippen LogP contribution in [0, 0.1) is 5.92 Å². The van der Waals surface area contributed by atoms with E-state index in [1.165, 1.54) is 40.1 Å². The van der Waals surface area contributed by atoms with Gasteiger partial charge in [0, 0.05) is 25.4 Å². The van der Waals surface area contributed by atoms with E-state index in [1.54, 1.807) is 29.6 Å². The Hall–Kier alpha value is -1.15. The molecular formula is C19H14F5OPS3. The molecule has 0 bridgehead atoms. The van der Waals surface area contributed by atoms with Crippen LogP contribution in [0.25, 0.3) is 19.5 Å². The molecule has 0 saturated heterocycles. The molecule has 0 N–H and O–H groups in total. The summed E-state index contributed by atoms with van der Waals surface area (Å²) in [6, 6.07) is 8.18. The highest BCUT2D eigenvalue weighted by Gasteiger charge is 2.80. The van der Waals surface area contributed by atoms with E-state index in [1.807, 2.05) is 0 Å². The first-order valence-corrected chi connectivity index (χ1v) is 11.6. The van der Waals surface area contributed by atoms with Gasteiger partial charge in [0.05, 0.1) is 10.8 Å². The molecule has 0 amide bonds. The van der Waals surface area contributed by atoms with E-state index >= 15 is 0 Å². The normalized spacial score (nSPS) is 28.0. The van der Waals surface area contributed by atoms with Crippen LogP contribution in [-0.4, -0.2) is 23.5 Å². The molecule has 1 saturated carbocycles. The lowest BCUT2D eigenvalue weighted by Crippen LogP contribution is -2.46. The first kappa shape index (κ1) is 21.1. The van der Waals surface area contributed by atoms with Crippen LogP contribution >= 0.6 is 43.3 Å². The topological polar surface area (TPSA) is 17.1 Å². The van der Waals surface area contributed by atoms with E-state index in [-0.39, 0.29) is 5.56 Å². The third-order valence-electron chi connectivity index (χ3n) is 5.26. The molecular weight excluding hydrogens is 466 g/mol. The van der Waals surface area contributed by atoms with Crippen molar-refractivity contribution in [2.75, 3.05) is 0 Å². The number of thiophene rings is 3. The number of carbonyl (C=O) groups excluding carboxylic acids is 1. The predicted octanol–water partition coefficient (Wildman–Crippen LogP) is 7.56. The third kappa shape index (κ3) is 2.96. The fourth-order valence-corrected chi connectivity index (χ4v) is 7.10. The Kier molecular flexibility index (Phi) is 5.05. The molecule has 1 nitrogen and oxygen atoms in total. The fourth-order valence-electron chi connectivity index (χ4n) is 3.67. The molecule has 0 aliphatic heterocycles. The van der Waals surface area contributed by atoms with Crippen LogP contribution in [0.2, 0.25) is 0 Å². The average molecular weight is 480 g/mol. The highest BCUT2D eigenvalue weighted by Crippen LogP contribution is 2.68. The zero-order valence-electron chi connectivity index (χ0n) is 14.8. The van der Waals surface area contributed by atoms with Crippen LogP contribution in [0.4, 0.5) is 22.0 Å². The van der Waals surface area contributed by atoms with Crippen molar-refractivity contribution in [2.45, 2.75) is 30.1 Å². The molecule has 4 rings (SSSR count). The summed E-state index contributed by atoms with van der Waals surface area (Å²) in [6.07, 6.45) is 0.683. The van der Waals surface area contributed by atoms with Gasteiger partial charge in [0.25, 0.3) is 11.8 Å². The summed E-state index contributed by atoms with van der Waals surface area (Å²) >= 11 is 3.66. The van der Waals surface area contributed by atoms with Crippen LogP contribution in [-0.2, 0) is 0 Å². The second-order valence-corrected chi connectivity index (χ2v) is 10.8. The van der Waals surface area contributed by atoms with Crippen LogP contribution in [0.15, 0.2) is 35.7 Å². The molecule has 3 heterocycles. The number of carbonyl (C=O) groups is 1. The first-order valence-electron chi connectivity index (χ1n) is 8.48. The minimum Gasteiger partial charge on any atom is -0.297 e. The van der Waals surface area contributed by atoms with Crippen LogP contribution < -0.4 is 0 Å². The molecule has 3 aromatic heterocycles. The fraction of sp³-hybridized carbons (Fsp3) is 0.316. The predicted molar refractivity (Wildman–Crippen MR) is 112 cm³/mol. The maximum atomic E-state index is 15.0. The van der Waals surface area contributed by atoms with Gasteiger partial charge in [-0.15, -0.1) is 34.0 Å². The number of hydrogen-bond donors (Lipinski definition) is 0. The Labute approximate surface area is 177 Å².